The Kier molecular flexibility index (Phi) is 4.88. The zero-order valence-electron chi connectivity index (χ0n) is 11.2. The Hall–Kier alpha value is -0.850. The highest BCUT2D eigenvalue weighted by Gasteiger charge is 2.32. The number of benzene rings is 1. The van der Waals surface area contributed by atoms with Gasteiger partial charge in [0.1, 0.15) is 0 Å². The topological polar surface area (TPSA) is 49.4 Å². The summed E-state index contributed by atoms with van der Waals surface area (Å²) in [7, 11) is -2.91. The molecule has 0 radical (unpaired) electrons. The lowest BCUT2D eigenvalue weighted by Gasteiger charge is -2.29. The van der Waals surface area contributed by atoms with Gasteiger partial charge >= 0.3 is 0 Å². The van der Waals surface area contributed by atoms with Gasteiger partial charge in [-0.15, -0.1) is 0 Å². The van der Waals surface area contributed by atoms with Crippen LogP contribution in [-0.2, 0) is 9.84 Å². The number of nitrogens with one attached hydrogen (secondary N) is 1. The minimum absolute atomic E-state index is 0.0303. The zero-order chi connectivity index (χ0) is 14.8. The Morgan fingerprint density at radius 2 is 2.10 bits per heavy atom. The first-order valence-electron chi connectivity index (χ1n) is 6.45. The molecular formula is C13H17ClN2O2S2. The molecule has 4 nitrogen and oxygen atoms in total. The largest absolute Gasteiger partial charge is 0.345 e. The van der Waals surface area contributed by atoms with Gasteiger partial charge in [0.25, 0.3) is 0 Å². The van der Waals surface area contributed by atoms with Gasteiger partial charge in [0.05, 0.1) is 11.5 Å². The molecule has 1 saturated heterocycles. The van der Waals surface area contributed by atoms with E-state index in [4.69, 9.17) is 23.8 Å². The second-order valence-corrected chi connectivity index (χ2v) is 7.83. The first kappa shape index (κ1) is 15.5. The number of anilines is 1. The van der Waals surface area contributed by atoms with Crippen molar-refractivity contribution in [2.24, 2.45) is 0 Å². The molecule has 1 heterocycles. The Labute approximate surface area is 130 Å². The predicted molar refractivity (Wildman–Crippen MR) is 87.1 cm³/mol. The van der Waals surface area contributed by atoms with E-state index in [9.17, 15) is 8.42 Å². The van der Waals surface area contributed by atoms with E-state index in [0.29, 0.717) is 23.1 Å². The van der Waals surface area contributed by atoms with Gasteiger partial charge in [0.15, 0.2) is 14.9 Å². The van der Waals surface area contributed by atoms with Crippen molar-refractivity contribution in [2.75, 3.05) is 23.4 Å². The second-order valence-electron chi connectivity index (χ2n) is 4.78. The first-order chi connectivity index (χ1) is 9.41. The molecule has 0 aliphatic carbocycles. The van der Waals surface area contributed by atoms with Gasteiger partial charge < -0.3 is 10.2 Å². The van der Waals surface area contributed by atoms with E-state index in [-0.39, 0.29) is 17.5 Å². The quantitative estimate of drug-likeness (QED) is 0.862. The third-order valence-corrected chi connectivity index (χ3v) is 5.69. The molecule has 1 aliphatic rings. The van der Waals surface area contributed by atoms with Crippen molar-refractivity contribution in [1.82, 2.24) is 4.90 Å². The van der Waals surface area contributed by atoms with E-state index in [0.717, 1.165) is 5.69 Å². The van der Waals surface area contributed by atoms with Crippen LogP contribution in [0.5, 0.6) is 0 Å². The highest BCUT2D eigenvalue weighted by molar-refractivity contribution is 7.91. The third kappa shape index (κ3) is 3.84. The summed E-state index contributed by atoms with van der Waals surface area (Å²) in [5, 5.41) is 4.34. The summed E-state index contributed by atoms with van der Waals surface area (Å²) in [5.41, 5.74) is 0.846. The third-order valence-electron chi connectivity index (χ3n) is 3.35. The van der Waals surface area contributed by atoms with Crippen LogP contribution in [0.1, 0.15) is 13.3 Å². The summed E-state index contributed by atoms with van der Waals surface area (Å²) in [6, 6.07) is 7.21. The van der Waals surface area contributed by atoms with E-state index in [1.807, 2.05) is 24.0 Å². The molecule has 1 atom stereocenters. The molecule has 1 aromatic carbocycles. The maximum absolute atomic E-state index is 11.6. The first-order valence-corrected chi connectivity index (χ1v) is 9.05. The van der Waals surface area contributed by atoms with Crippen LogP contribution in [0.3, 0.4) is 0 Å². The van der Waals surface area contributed by atoms with Crippen LogP contribution < -0.4 is 5.32 Å². The lowest BCUT2D eigenvalue weighted by Crippen LogP contribution is -2.43. The van der Waals surface area contributed by atoms with Crippen molar-refractivity contribution in [3.63, 3.8) is 0 Å². The summed E-state index contributed by atoms with van der Waals surface area (Å²) in [4.78, 5) is 1.94. The van der Waals surface area contributed by atoms with Gasteiger partial charge in [-0.2, -0.15) is 0 Å². The molecule has 1 fully saturated rings. The molecule has 1 N–H and O–H groups in total. The van der Waals surface area contributed by atoms with Crippen molar-refractivity contribution < 1.29 is 8.42 Å². The standard InChI is InChI=1S/C13H17ClN2O2S2/c1-2-16(12-7-8-20(17,18)9-12)13(19)15-11-5-3-10(14)4-6-11/h3-6,12H,2,7-9H2,1H3,(H,15,19)/t12-/m1/s1. The number of nitrogens with zero attached hydrogens (tertiary/aromatic N) is 1. The summed E-state index contributed by atoms with van der Waals surface area (Å²) < 4.78 is 23.1. The molecule has 20 heavy (non-hydrogen) atoms. The number of rotatable bonds is 3. The average Bonchev–Trinajstić information content (AvgIpc) is 2.73. The fraction of sp³-hybridized carbons (Fsp3) is 0.462. The fourth-order valence-corrected chi connectivity index (χ4v) is 4.57. The zero-order valence-corrected chi connectivity index (χ0v) is 13.6. The van der Waals surface area contributed by atoms with E-state index in [1.54, 1.807) is 12.1 Å². The van der Waals surface area contributed by atoms with Crippen LogP contribution in [0.15, 0.2) is 24.3 Å². The van der Waals surface area contributed by atoms with E-state index in [2.05, 4.69) is 5.32 Å². The molecular weight excluding hydrogens is 316 g/mol. The average molecular weight is 333 g/mol. The predicted octanol–water partition coefficient (Wildman–Crippen LogP) is 2.55. The van der Waals surface area contributed by atoms with Gasteiger partial charge in [-0.3, -0.25) is 0 Å². The number of thiocarbonyl (C=S) groups is 1. The highest BCUT2D eigenvalue weighted by Crippen LogP contribution is 2.20. The lowest BCUT2D eigenvalue weighted by atomic mass is 10.2. The number of hydrogen-bond donors (Lipinski definition) is 1. The summed E-state index contributed by atoms with van der Waals surface area (Å²) >= 11 is 11.2. The van der Waals surface area contributed by atoms with Crippen molar-refractivity contribution >= 4 is 44.5 Å². The summed E-state index contributed by atoms with van der Waals surface area (Å²) in [6.07, 6.45) is 0.638. The van der Waals surface area contributed by atoms with Crippen LogP contribution in [0.2, 0.25) is 5.02 Å². The Balaban J connectivity index is 2.04. The molecule has 0 spiro atoms. The summed E-state index contributed by atoms with van der Waals surface area (Å²) in [6.45, 7) is 2.65. The Morgan fingerprint density at radius 1 is 1.45 bits per heavy atom. The Bertz CT molecular complexity index is 587. The maximum atomic E-state index is 11.6. The van der Waals surface area contributed by atoms with Gasteiger partial charge in [-0.25, -0.2) is 8.42 Å². The smallest absolute Gasteiger partial charge is 0.173 e. The van der Waals surface area contributed by atoms with Crippen LogP contribution in [0, 0.1) is 0 Å². The van der Waals surface area contributed by atoms with Gasteiger partial charge in [-0.1, -0.05) is 11.6 Å². The second kappa shape index (κ2) is 6.28. The molecule has 0 unspecified atom stereocenters. The number of halogens is 1. The molecule has 2 rings (SSSR count). The molecule has 1 aliphatic heterocycles. The van der Waals surface area contributed by atoms with Gasteiger partial charge in [0.2, 0.25) is 0 Å². The van der Waals surface area contributed by atoms with Crippen LogP contribution >= 0.6 is 23.8 Å². The minimum Gasteiger partial charge on any atom is -0.345 e. The van der Waals surface area contributed by atoms with Crippen molar-refractivity contribution in [2.45, 2.75) is 19.4 Å². The molecule has 0 saturated carbocycles. The molecule has 110 valence electrons. The maximum Gasteiger partial charge on any atom is 0.173 e. The van der Waals surface area contributed by atoms with Crippen LogP contribution in [0.4, 0.5) is 5.69 Å². The molecule has 1 aromatic rings. The molecule has 0 amide bonds. The molecule has 0 bridgehead atoms. The monoisotopic (exact) mass is 332 g/mol. The number of sulfone groups is 1. The number of hydrogen-bond acceptors (Lipinski definition) is 3. The molecule has 7 heteroatoms. The molecule has 0 aromatic heterocycles. The van der Waals surface area contributed by atoms with E-state index < -0.39 is 9.84 Å². The summed E-state index contributed by atoms with van der Waals surface area (Å²) in [5.74, 6) is 0.432. The van der Waals surface area contributed by atoms with Crippen molar-refractivity contribution in [3.05, 3.63) is 29.3 Å². The van der Waals surface area contributed by atoms with Crippen LogP contribution in [0.25, 0.3) is 0 Å². The Morgan fingerprint density at radius 3 is 2.60 bits per heavy atom. The minimum atomic E-state index is -2.91. The fourth-order valence-electron chi connectivity index (χ4n) is 2.32. The normalized spacial score (nSPS) is 20.6. The highest BCUT2D eigenvalue weighted by atomic mass is 35.5. The SMILES string of the molecule is CCN(C(=S)Nc1ccc(Cl)cc1)[C@@H]1CCS(=O)(=O)C1. The lowest BCUT2D eigenvalue weighted by molar-refractivity contribution is 0.355. The van der Waals surface area contributed by atoms with Crippen LogP contribution in [-0.4, -0.2) is 42.5 Å². The van der Waals surface area contributed by atoms with Gasteiger partial charge in [0, 0.05) is 23.3 Å². The van der Waals surface area contributed by atoms with E-state index in [1.165, 1.54) is 0 Å². The van der Waals surface area contributed by atoms with Crippen molar-refractivity contribution in [1.29, 1.82) is 0 Å². The van der Waals surface area contributed by atoms with Gasteiger partial charge in [-0.05, 0) is 49.8 Å². The van der Waals surface area contributed by atoms with E-state index >= 15 is 0 Å². The van der Waals surface area contributed by atoms with Crippen molar-refractivity contribution in [3.8, 4) is 0 Å².